The number of hydrogen-bond donors (Lipinski definition) is 0. The Morgan fingerprint density at radius 2 is 1.82 bits per heavy atom. The lowest BCUT2D eigenvalue weighted by Gasteiger charge is -2.35. The SMILES string of the molecule is CCOC(=O)N1CCN(C(=O)C(C)Cn2nc(C(F)(F)F)cc2C2CC2)CC1. The maximum Gasteiger partial charge on any atom is 0.435 e. The van der Waals surface area contributed by atoms with E-state index < -0.39 is 23.9 Å². The van der Waals surface area contributed by atoms with Gasteiger partial charge in [0.15, 0.2) is 5.69 Å². The molecule has 2 fully saturated rings. The minimum Gasteiger partial charge on any atom is -0.450 e. The van der Waals surface area contributed by atoms with Gasteiger partial charge in [0.25, 0.3) is 0 Å². The fourth-order valence-corrected chi connectivity index (χ4v) is 3.40. The third kappa shape index (κ3) is 4.59. The largest absolute Gasteiger partial charge is 0.450 e. The van der Waals surface area contributed by atoms with Crippen molar-refractivity contribution >= 4 is 12.0 Å². The highest BCUT2D eigenvalue weighted by atomic mass is 19.4. The van der Waals surface area contributed by atoms with Crippen LogP contribution in [0.4, 0.5) is 18.0 Å². The zero-order chi connectivity index (χ0) is 20.5. The maximum absolute atomic E-state index is 13.0. The van der Waals surface area contributed by atoms with Crippen molar-refractivity contribution in [1.82, 2.24) is 19.6 Å². The predicted molar refractivity (Wildman–Crippen MR) is 93.5 cm³/mol. The van der Waals surface area contributed by atoms with Gasteiger partial charge in [-0.25, -0.2) is 4.79 Å². The Labute approximate surface area is 161 Å². The minimum atomic E-state index is -4.49. The predicted octanol–water partition coefficient (Wildman–Crippen LogP) is 2.72. The third-order valence-corrected chi connectivity index (χ3v) is 5.08. The van der Waals surface area contributed by atoms with E-state index in [0.717, 1.165) is 18.9 Å². The summed E-state index contributed by atoms with van der Waals surface area (Å²) in [7, 11) is 0. The topological polar surface area (TPSA) is 67.7 Å². The molecule has 0 bridgehead atoms. The molecule has 3 rings (SSSR count). The fourth-order valence-electron chi connectivity index (χ4n) is 3.40. The second-order valence-corrected chi connectivity index (χ2v) is 7.32. The van der Waals surface area contributed by atoms with Crippen molar-refractivity contribution in [3.05, 3.63) is 17.5 Å². The molecule has 1 aliphatic carbocycles. The van der Waals surface area contributed by atoms with Gasteiger partial charge >= 0.3 is 12.3 Å². The summed E-state index contributed by atoms with van der Waals surface area (Å²) in [6.07, 6.45) is -3.19. The first-order valence-corrected chi connectivity index (χ1v) is 9.56. The van der Waals surface area contributed by atoms with Crippen molar-refractivity contribution < 1.29 is 27.5 Å². The summed E-state index contributed by atoms with van der Waals surface area (Å²) in [4.78, 5) is 27.7. The molecule has 1 saturated carbocycles. The van der Waals surface area contributed by atoms with E-state index in [1.165, 1.54) is 4.68 Å². The maximum atomic E-state index is 13.0. The molecule has 2 amide bonds. The highest BCUT2D eigenvalue weighted by Gasteiger charge is 2.38. The molecule has 28 heavy (non-hydrogen) atoms. The molecule has 0 radical (unpaired) electrons. The zero-order valence-corrected chi connectivity index (χ0v) is 16.0. The molecule has 1 aromatic heterocycles. The van der Waals surface area contributed by atoms with Crippen LogP contribution in [0, 0.1) is 5.92 Å². The molecule has 1 aromatic rings. The van der Waals surface area contributed by atoms with Gasteiger partial charge in [0.05, 0.1) is 19.1 Å². The van der Waals surface area contributed by atoms with Crippen molar-refractivity contribution in [3.63, 3.8) is 0 Å². The first-order chi connectivity index (χ1) is 13.2. The molecular weight excluding hydrogens is 377 g/mol. The molecular formula is C18H25F3N4O3. The lowest BCUT2D eigenvalue weighted by atomic mass is 10.1. The number of ether oxygens (including phenoxy) is 1. The first kappa shape index (κ1) is 20.5. The number of alkyl halides is 3. The highest BCUT2D eigenvalue weighted by Crippen LogP contribution is 2.42. The van der Waals surface area contributed by atoms with Crippen molar-refractivity contribution in [2.45, 2.75) is 45.3 Å². The van der Waals surface area contributed by atoms with Crippen LogP contribution in [0.25, 0.3) is 0 Å². The van der Waals surface area contributed by atoms with Crippen LogP contribution >= 0.6 is 0 Å². The van der Waals surface area contributed by atoms with E-state index >= 15 is 0 Å². The van der Waals surface area contributed by atoms with Gasteiger partial charge in [-0.15, -0.1) is 0 Å². The Kier molecular flexibility index (Phi) is 5.85. The summed E-state index contributed by atoms with van der Waals surface area (Å²) >= 11 is 0. The number of carbonyl (C=O) groups excluding carboxylic acids is 2. The standard InChI is InChI=1S/C18H25F3N4O3/c1-3-28-17(27)24-8-6-23(7-9-24)16(26)12(2)11-25-14(13-4-5-13)10-15(22-25)18(19,20)21/h10,12-13H,3-9,11H2,1-2H3. The van der Waals surface area contributed by atoms with Gasteiger partial charge in [-0.05, 0) is 25.8 Å². The molecule has 156 valence electrons. The minimum absolute atomic E-state index is 0.0963. The van der Waals surface area contributed by atoms with Crippen molar-refractivity contribution in [2.24, 2.45) is 5.92 Å². The summed E-state index contributed by atoms with van der Waals surface area (Å²) < 4.78 is 45.3. The molecule has 7 nitrogen and oxygen atoms in total. The first-order valence-electron chi connectivity index (χ1n) is 9.56. The van der Waals surface area contributed by atoms with E-state index in [1.807, 2.05) is 0 Å². The van der Waals surface area contributed by atoms with Crippen LogP contribution in [-0.4, -0.2) is 64.4 Å². The Hall–Kier alpha value is -2.26. The fraction of sp³-hybridized carbons (Fsp3) is 0.722. The third-order valence-electron chi connectivity index (χ3n) is 5.08. The van der Waals surface area contributed by atoms with Gasteiger partial charge in [0, 0.05) is 37.8 Å². The number of piperazine rings is 1. The average Bonchev–Trinajstić information content (AvgIpc) is 3.40. The molecule has 10 heteroatoms. The van der Waals surface area contributed by atoms with Crippen LogP contribution in [0.2, 0.25) is 0 Å². The summed E-state index contributed by atoms with van der Waals surface area (Å²) in [5, 5.41) is 3.72. The van der Waals surface area contributed by atoms with Crippen LogP contribution in [0.5, 0.6) is 0 Å². The molecule has 2 aliphatic rings. The van der Waals surface area contributed by atoms with Crippen LogP contribution in [0.1, 0.15) is 44.0 Å². The molecule has 1 saturated heterocycles. The second-order valence-electron chi connectivity index (χ2n) is 7.32. The lowest BCUT2D eigenvalue weighted by molar-refractivity contribution is -0.141. The molecule has 1 aliphatic heterocycles. The summed E-state index contributed by atoms with van der Waals surface area (Å²) in [6.45, 7) is 5.35. The molecule has 1 unspecified atom stereocenters. The molecule has 1 atom stereocenters. The number of nitrogens with zero attached hydrogens (tertiary/aromatic N) is 4. The number of halogens is 3. The van der Waals surface area contributed by atoms with Crippen LogP contribution in [-0.2, 0) is 22.3 Å². The van der Waals surface area contributed by atoms with Gasteiger partial charge in [0.1, 0.15) is 0 Å². The second kappa shape index (κ2) is 8.00. The number of amides is 2. The van der Waals surface area contributed by atoms with Crippen molar-refractivity contribution in [3.8, 4) is 0 Å². The lowest BCUT2D eigenvalue weighted by Crippen LogP contribution is -2.52. The number of hydrogen-bond acceptors (Lipinski definition) is 4. The van der Waals surface area contributed by atoms with E-state index in [9.17, 15) is 22.8 Å². The van der Waals surface area contributed by atoms with Gasteiger partial charge in [-0.3, -0.25) is 9.48 Å². The van der Waals surface area contributed by atoms with Gasteiger partial charge < -0.3 is 14.5 Å². The number of aromatic nitrogens is 2. The summed E-state index contributed by atoms with van der Waals surface area (Å²) in [6, 6.07) is 1.10. The summed E-state index contributed by atoms with van der Waals surface area (Å²) in [5.74, 6) is -0.555. The molecule has 0 spiro atoms. The van der Waals surface area contributed by atoms with E-state index in [-0.39, 0.29) is 18.4 Å². The molecule has 2 heterocycles. The summed E-state index contributed by atoms with van der Waals surface area (Å²) in [5.41, 5.74) is -0.351. The molecule has 0 aromatic carbocycles. The normalized spacial score (nSPS) is 18.9. The number of carbonyl (C=O) groups is 2. The van der Waals surface area contributed by atoms with Crippen molar-refractivity contribution in [1.29, 1.82) is 0 Å². The Morgan fingerprint density at radius 1 is 1.21 bits per heavy atom. The van der Waals surface area contributed by atoms with E-state index in [0.29, 0.717) is 38.5 Å². The van der Waals surface area contributed by atoms with E-state index in [1.54, 1.807) is 23.6 Å². The van der Waals surface area contributed by atoms with Crippen LogP contribution in [0.15, 0.2) is 6.07 Å². The zero-order valence-electron chi connectivity index (χ0n) is 16.0. The van der Waals surface area contributed by atoms with E-state index in [4.69, 9.17) is 4.74 Å². The van der Waals surface area contributed by atoms with Gasteiger partial charge in [-0.2, -0.15) is 18.3 Å². The van der Waals surface area contributed by atoms with Crippen LogP contribution < -0.4 is 0 Å². The van der Waals surface area contributed by atoms with E-state index in [2.05, 4.69) is 5.10 Å². The Bertz CT molecular complexity index is 722. The average molecular weight is 402 g/mol. The Balaban J connectivity index is 1.61. The molecule has 0 N–H and O–H groups in total. The Morgan fingerprint density at radius 3 is 2.36 bits per heavy atom. The highest BCUT2D eigenvalue weighted by molar-refractivity contribution is 5.79. The quantitative estimate of drug-likeness (QED) is 0.760. The monoisotopic (exact) mass is 402 g/mol. The van der Waals surface area contributed by atoms with Gasteiger partial charge in [0.2, 0.25) is 5.91 Å². The number of rotatable bonds is 5. The van der Waals surface area contributed by atoms with Gasteiger partial charge in [-0.1, -0.05) is 6.92 Å². The van der Waals surface area contributed by atoms with Crippen LogP contribution in [0.3, 0.4) is 0 Å². The van der Waals surface area contributed by atoms with Crippen molar-refractivity contribution in [2.75, 3.05) is 32.8 Å². The smallest absolute Gasteiger partial charge is 0.435 e.